The van der Waals surface area contributed by atoms with Crippen molar-refractivity contribution in [3.63, 3.8) is 0 Å². The minimum absolute atomic E-state index is 0.105. The van der Waals surface area contributed by atoms with E-state index < -0.39 is 0 Å². The van der Waals surface area contributed by atoms with Gasteiger partial charge in [0.25, 0.3) is 0 Å². The van der Waals surface area contributed by atoms with E-state index in [9.17, 15) is 4.39 Å². The third kappa shape index (κ3) is 4.69. The molecule has 0 saturated carbocycles. The molecule has 2 fully saturated rings. The van der Waals surface area contributed by atoms with E-state index in [1.165, 1.54) is 6.07 Å². The summed E-state index contributed by atoms with van der Waals surface area (Å²) in [6, 6.07) is 11.1. The number of morpholine rings is 1. The Morgan fingerprint density at radius 2 is 2.15 bits per heavy atom. The summed E-state index contributed by atoms with van der Waals surface area (Å²) < 4.78 is 20.4. The fraction of sp³-hybridized carbons (Fsp3) is 0.296. The predicted octanol–water partition coefficient (Wildman–Crippen LogP) is 4.20. The molecule has 3 aromatic rings. The zero-order valence-electron chi connectivity index (χ0n) is 19.0. The first-order chi connectivity index (χ1) is 16.6. The summed E-state index contributed by atoms with van der Waals surface area (Å²) in [5, 5.41) is 12.7. The van der Waals surface area contributed by atoms with Gasteiger partial charge in [-0.2, -0.15) is 5.26 Å². The molecule has 7 heteroatoms. The maximum atomic E-state index is 14.3. The number of halogens is 1. The lowest BCUT2D eigenvalue weighted by molar-refractivity contribution is -0.00901. The SMILES string of the molecule is Cc1cc(F)cc(-c2cncc(/C=C/c3ccnc(C#N)c3)c2N2CC[C@H]3NCCO[C@@H]3C2)c1. The average molecular weight is 456 g/mol. The Balaban J connectivity index is 1.58. The van der Waals surface area contributed by atoms with Crippen LogP contribution < -0.4 is 10.2 Å². The van der Waals surface area contributed by atoms with E-state index in [0.29, 0.717) is 18.3 Å². The summed E-state index contributed by atoms with van der Waals surface area (Å²) >= 11 is 0. The average Bonchev–Trinajstić information content (AvgIpc) is 2.86. The molecule has 0 spiro atoms. The molecule has 2 saturated heterocycles. The van der Waals surface area contributed by atoms with E-state index in [2.05, 4.69) is 26.3 Å². The summed E-state index contributed by atoms with van der Waals surface area (Å²) in [4.78, 5) is 10.9. The second-order valence-electron chi connectivity index (χ2n) is 8.77. The normalized spacial score (nSPS) is 20.2. The number of aromatic nitrogens is 2. The van der Waals surface area contributed by atoms with Gasteiger partial charge in [-0.1, -0.05) is 18.2 Å². The van der Waals surface area contributed by atoms with Crippen LogP contribution in [0.1, 0.15) is 28.8 Å². The molecule has 0 radical (unpaired) electrons. The van der Waals surface area contributed by atoms with Crippen molar-refractivity contribution in [2.24, 2.45) is 0 Å². The molecule has 2 aliphatic heterocycles. The molecule has 1 N–H and O–H groups in total. The summed E-state index contributed by atoms with van der Waals surface area (Å²) in [5.41, 5.74) is 5.74. The number of rotatable bonds is 4. The molecule has 0 unspecified atom stereocenters. The van der Waals surface area contributed by atoms with Crippen molar-refractivity contribution in [1.29, 1.82) is 5.26 Å². The van der Waals surface area contributed by atoms with Crippen molar-refractivity contribution in [3.8, 4) is 17.2 Å². The maximum Gasteiger partial charge on any atom is 0.141 e. The highest BCUT2D eigenvalue weighted by Crippen LogP contribution is 2.37. The van der Waals surface area contributed by atoms with Crippen LogP contribution in [-0.4, -0.2) is 48.4 Å². The van der Waals surface area contributed by atoms with E-state index in [1.807, 2.05) is 43.6 Å². The van der Waals surface area contributed by atoms with E-state index in [1.54, 1.807) is 18.3 Å². The highest BCUT2D eigenvalue weighted by Gasteiger charge is 2.33. The summed E-state index contributed by atoms with van der Waals surface area (Å²) in [5.74, 6) is -0.263. The van der Waals surface area contributed by atoms with Gasteiger partial charge in [0.05, 0.1) is 18.4 Å². The second-order valence-corrected chi connectivity index (χ2v) is 8.77. The Labute approximate surface area is 198 Å². The standard InChI is InChI=1S/C27H26FN5O/c1-18-10-21(13-22(28)11-18)24-16-30-15-20(3-2-19-4-6-31-23(12-19)14-29)27(24)33-8-5-25-26(17-33)34-9-7-32-25/h2-4,6,10-13,15-16,25-26,32H,5,7-9,17H2,1H3/b3-2+/t25-,26-/m1/s1. The van der Waals surface area contributed by atoms with Crippen LogP contribution in [0.5, 0.6) is 0 Å². The van der Waals surface area contributed by atoms with Gasteiger partial charge in [-0.05, 0) is 54.3 Å². The number of pyridine rings is 2. The van der Waals surface area contributed by atoms with E-state index >= 15 is 0 Å². The highest BCUT2D eigenvalue weighted by atomic mass is 19.1. The zero-order chi connectivity index (χ0) is 23.5. The van der Waals surface area contributed by atoms with Gasteiger partial charge in [0.2, 0.25) is 0 Å². The fourth-order valence-electron chi connectivity index (χ4n) is 4.82. The van der Waals surface area contributed by atoms with Gasteiger partial charge >= 0.3 is 0 Å². The van der Waals surface area contributed by atoms with Crippen LogP contribution >= 0.6 is 0 Å². The zero-order valence-corrected chi connectivity index (χ0v) is 19.0. The van der Waals surface area contributed by atoms with E-state index in [-0.39, 0.29) is 11.9 Å². The molecule has 0 amide bonds. The van der Waals surface area contributed by atoms with Gasteiger partial charge in [-0.3, -0.25) is 4.98 Å². The lowest BCUT2D eigenvalue weighted by Gasteiger charge is -2.43. The molecule has 0 aliphatic carbocycles. The lowest BCUT2D eigenvalue weighted by Crippen LogP contribution is -2.58. The first-order valence-corrected chi connectivity index (χ1v) is 11.5. The summed E-state index contributed by atoms with van der Waals surface area (Å²) in [6.07, 6.45) is 10.3. The number of fused-ring (bicyclic) bond motifs is 1. The van der Waals surface area contributed by atoms with Crippen molar-refractivity contribution < 1.29 is 9.13 Å². The minimum Gasteiger partial charge on any atom is -0.373 e. The molecule has 1 aromatic carbocycles. The molecule has 2 atom stereocenters. The number of nitrogens with zero attached hydrogens (tertiary/aromatic N) is 4. The number of aryl methyl sites for hydroxylation is 1. The quantitative estimate of drug-likeness (QED) is 0.636. The Hall–Kier alpha value is -3.60. The molecule has 34 heavy (non-hydrogen) atoms. The van der Waals surface area contributed by atoms with Crippen molar-refractivity contribution in [3.05, 3.63) is 77.1 Å². The second kappa shape index (κ2) is 9.72. The fourth-order valence-corrected chi connectivity index (χ4v) is 4.82. The highest BCUT2D eigenvalue weighted by molar-refractivity contribution is 5.87. The topological polar surface area (TPSA) is 74.1 Å². The maximum absolute atomic E-state index is 14.3. The molecular formula is C27H26FN5O. The molecule has 172 valence electrons. The predicted molar refractivity (Wildman–Crippen MR) is 131 cm³/mol. The van der Waals surface area contributed by atoms with Crippen molar-refractivity contribution in [2.75, 3.05) is 31.1 Å². The van der Waals surface area contributed by atoms with Crippen LogP contribution in [0, 0.1) is 24.1 Å². The lowest BCUT2D eigenvalue weighted by atomic mass is 9.95. The molecule has 4 heterocycles. The summed E-state index contributed by atoms with van der Waals surface area (Å²) in [6.45, 7) is 5.09. The Kier molecular flexibility index (Phi) is 6.35. The largest absolute Gasteiger partial charge is 0.373 e. The van der Waals surface area contributed by atoms with Crippen molar-refractivity contribution >= 4 is 17.8 Å². The number of anilines is 1. The third-order valence-electron chi connectivity index (χ3n) is 6.37. The minimum atomic E-state index is -0.263. The van der Waals surface area contributed by atoms with Crippen LogP contribution in [0.4, 0.5) is 10.1 Å². The first kappa shape index (κ1) is 22.2. The van der Waals surface area contributed by atoms with Crippen LogP contribution in [0.2, 0.25) is 0 Å². The first-order valence-electron chi connectivity index (χ1n) is 11.5. The van der Waals surface area contributed by atoms with Gasteiger partial charge in [-0.15, -0.1) is 0 Å². The number of nitrogens with one attached hydrogen (secondary N) is 1. The molecule has 5 rings (SSSR count). The van der Waals surface area contributed by atoms with Gasteiger partial charge in [0, 0.05) is 55.4 Å². The number of ether oxygens (including phenoxy) is 1. The molecule has 2 aliphatic rings. The monoisotopic (exact) mass is 455 g/mol. The van der Waals surface area contributed by atoms with Gasteiger partial charge in [0.1, 0.15) is 17.6 Å². The Morgan fingerprint density at radius 3 is 3.00 bits per heavy atom. The van der Waals surface area contributed by atoms with Crippen LogP contribution in [0.3, 0.4) is 0 Å². The van der Waals surface area contributed by atoms with Crippen LogP contribution in [-0.2, 0) is 4.74 Å². The molecule has 2 aromatic heterocycles. The number of hydrogen-bond acceptors (Lipinski definition) is 6. The van der Waals surface area contributed by atoms with Gasteiger partial charge in [-0.25, -0.2) is 9.37 Å². The van der Waals surface area contributed by atoms with E-state index in [0.717, 1.165) is 59.6 Å². The molecule has 6 nitrogen and oxygen atoms in total. The third-order valence-corrected chi connectivity index (χ3v) is 6.37. The van der Waals surface area contributed by atoms with Gasteiger partial charge < -0.3 is 15.0 Å². The van der Waals surface area contributed by atoms with Crippen LogP contribution in [0.15, 0.2) is 48.9 Å². The number of piperidine rings is 1. The van der Waals surface area contributed by atoms with E-state index in [4.69, 9.17) is 10.00 Å². The smallest absolute Gasteiger partial charge is 0.141 e. The van der Waals surface area contributed by atoms with Crippen molar-refractivity contribution in [1.82, 2.24) is 15.3 Å². The Morgan fingerprint density at radius 1 is 1.24 bits per heavy atom. The summed E-state index contributed by atoms with van der Waals surface area (Å²) in [7, 11) is 0. The van der Waals surface area contributed by atoms with Crippen LogP contribution in [0.25, 0.3) is 23.3 Å². The molecule has 0 bridgehead atoms. The molecular weight excluding hydrogens is 429 g/mol. The number of hydrogen-bond donors (Lipinski definition) is 1. The number of nitriles is 1. The van der Waals surface area contributed by atoms with Gasteiger partial charge in [0.15, 0.2) is 0 Å². The van der Waals surface area contributed by atoms with Crippen molar-refractivity contribution in [2.45, 2.75) is 25.5 Å². The Bertz CT molecular complexity index is 1250. The number of benzene rings is 1.